The molecule has 0 spiro atoms. The first-order valence-corrected chi connectivity index (χ1v) is 4.60. The highest BCUT2D eigenvalue weighted by atomic mass is 16.1. The smallest absolute Gasteiger partial charge is 0.152 e. The summed E-state index contributed by atoms with van der Waals surface area (Å²) < 4.78 is 0. The van der Waals surface area contributed by atoms with Crippen molar-refractivity contribution in [3.8, 4) is 11.8 Å². The summed E-state index contributed by atoms with van der Waals surface area (Å²) >= 11 is 0. The number of nitrogens with two attached hydrogens (primary N) is 1. The summed E-state index contributed by atoms with van der Waals surface area (Å²) in [5, 5.41) is 0.920. The predicted molar refractivity (Wildman–Crippen MR) is 59.6 cm³/mol. The van der Waals surface area contributed by atoms with Gasteiger partial charge in [-0.1, -0.05) is 17.9 Å². The third kappa shape index (κ3) is 1.76. The second-order valence-corrected chi connectivity index (χ2v) is 3.13. The highest BCUT2D eigenvalue weighted by Gasteiger charge is 2.01. The number of hydrogen-bond donors (Lipinski definition) is 2. The molecule has 1 aromatic heterocycles. The molecule has 2 rings (SSSR count). The van der Waals surface area contributed by atoms with E-state index in [4.69, 9.17) is 5.73 Å². The number of fused-ring (bicyclic) bond motifs is 1. The van der Waals surface area contributed by atoms with Crippen LogP contribution in [0, 0.1) is 11.8 Å². The SMILES string of the molecule is NCC#Cc1ccc2c(C=O)c[nH]c2c1. The van der Waals surface area contributed by atoms with Crippen molar-refractivity contribution in [2.45, 2.75) is 0 Å². The topological polar surface area (TPSA) is 58.9 Å². The van der Waals surface area contributed by atoms with Gasteiger partial charge in [0.2, 0.25) is 0 Å². The second kappa shape index (κ2) is 3.99. The average molecular weight is 198 g/mol. The van der Waals surface area contributed by atoms with Crippen LogP contribution in [0.15, 0.2) is 24.4 Å². The molecule has 0 radical (unpaired) electrons. The van der Waals surface area contributed by atoms with Crippen molar-refractivity contribution < 1.29 is 4.79 Å². The highest BCUT2D eigenvalue weighted by Crippen LogP contribution is 2.17. The summed E-state index contributed by atoms with van der Waals surface area (Å²) in [6.07, 6.45) is 2.53. The van der Waals surface area contributed by atoms with E-state index in [0.29, 0.717) is 12.1 Å². The molecule has 0 amide bonds. The Hall–Kier alpha value is -2.05. The lowest BCUT2D eigenvalue weighted by Gasteiger charge is -1.92. The lowest BCUT2D eigenvalue weighted by atomic mass is 10.1. The summed E-state index contributed by atoms with van der Waals surface area (Å²) in [5.74, 6) is 5.72. The van der Waals surface area contributed by atoms with Crippen LogP contribution >= 0.6 is 0 Å². The van der Waals surface area contributed by atoms with Gasteiger partial charge in [0.15, 0.2) is 6.29 Å². The lowest BCUT2D eigenvalue weighted by molar-refractivity contribution is 0.112. The number of carbonyl (C=O) groups is 1. The van der Waals surface area contributed by atoms with Crippen LogP contribution in [0.5, 0.6) is 0 Å². The summed E-state index contributed by atoms with van der Waals surface area (Å²) in [6.45, 7) is 0.350. The minimum atomic E-state index is 0.350. The maximum Gasteiger partial charge on any atom is 0.152 e. The Kier molecular flexibility index (Phi) is 2.53. The van der Waals surface area contributed by atoms with Crippen molar-refractivity contribution in [1.82, 2.24) is 4.98 Å². The van der Waals surface area contributed by atoms with Gasteiger partial charge < -0.3 is 10.7 Å². The molecule has 0 aliphatic rings. The molecule has 1 heterocycles. The molecule has 0 saturated carbocycles. The maximum atomic E-state index is 10.7. The molecule has 0 aliphatic heterocycles. The van der Waals surface area contributed by atoms with Crippen molar-refractivity contribution in [2.24, 2.45) is 5.73 Å². The lowest BCUT2D eigenvalue weighted by Crippen LogP contribution is -1.92. The van der Waals surface area contributed by atoms with Crippen LogP contribution in [0.2, 0.25) is 0 Å². The highest BCUT2D eigenvalue weighted by molar-refractivity contribution is 5.97. The van der Waals surface area contributed by atoms with Crippen molar-refractivity contribution in [2.75, 3.05) is 6.54 Å². The van der Waals surface area contributed by atoms with Gasteiger partial charge in [0.25, 0.3) is 0 Å². The second-order valence-electron chi connectivity index (χ2n) is 3.13. The van der Waals surface area contributed by atoms with Crippen molar-refractivity contribution in [3.63, 3.8) is 0 Å². The quantitative estimate of drug-likeness (QED) is 0.536. The van der Waals surface area contributed by atoms with E-state index in [2.05, 4.69) is 16.8 Å². The van der Waals surface area contributed by atoms with Gasteiger partial charge >= 0.3 is 0 Å². The molecule has 3 heteroatoms. The molecule has 0 aliphatic carbocycles. The molecule has 3 N–H and O–H groups in total. The largest absolute Gasteiger partial charge is 0.360 e. The minimum absolute atomic E-state index is 0.350. The molecule has 15 heavy (non-hydrogen) atoms. The monoisotopic (exact) mass is 198 g/mol. The number of nitrogens with one attached hydrogen (secondary N) is 1. The zero-order valence-corrected chi connectivity index (χ0v) is 8.08. The zero-order valence-electron chi connectivity index (χ0n) is 8.08. The molecule has 0 saturated heterocycles. The number of rotatable bonds is 1. The Balaban J connectivity index is 2.53. The third-order valence-corrected chi connectivity index (χ3v) is 2.18. The number of carbonyl (C=O) groups excluding carboxylic acids is 1. The summed E-state index contributed by atoms with van der Waals surface area (Å²) in [4.78, 5) is 13.7. The van der Waals surface area contributed by atoms with E-state index in [1.54, 1.807) is 6.20 Å². The number of H-pyrrole nitrogens is 1. The van der Waals surface area contributed by atoms with Gasteiger partial charge in [-0.3, -0.25) is 4.79 Å². The van der Waals surface area contributed by atoms with Gasteiger partial charge in [-0.15, -0.1) is 0 Å². The van der Waals surface area contributed by atoms with Crippen molar-refractivity contribution in [1.29, 1.82) is 0 Å². The fourth-order valence-electron chi connectivity index (χ4n) is 1.48. The fraction of sp³-hybridized carbons (Fsp3) is 0.0833. The standard InChI is InChI=1S/C12H10N2O/c13-5-1-2-9-3-4-11-10(8-15)7-14-12(11)6-9/h3-4,6-8,14H,5,13H2. The number of hydrogen-bond acceptors (Lipinski definition) is 2. The molecule has 0 atom stereocenters. The maximum absolute atomic E-state index is 10.7. The van der Waals surface area contributed by atoms with Crippen molar-refractivity contribution >= 4 is 17.2 Å². The average Bonchev–Trinajstić information content (AvgIpc) is 2.68. The van der Waals surface area contributed by atoms with E-state index in [1.165, 1.54) is 0 Å². The Morgan fingerprint density at radius 3 is 3.07 bits per heavy atom. The molecule has 3 nitrogen and oxygen atoms in total. The number of aldehydes is 1. The first kappa shape index (κ1) is 9.50. The summed E-state index contributed by atoms with van der Waals surface area (Å²) in [7, 11) is 0. The number of aromatic nitrogens is 1. The molecular weight excluding hydrogens is 188 g/mol. The fourth-order valence-corrected chi connectivity index (χ4v) is 1.48. The molecule has 74 valence electrons. The zero-order chi connectivity index (χ0) is 10.7. The van der Waals surface area contributed by atoms with Crippen LogP contribution in [0.25, 0.3) is 10.9 Å². The molecule has 0 unspecified atom stereocenters. The van der Waals surface area contributed by atoms with Crippen LogP contribution in [-0.4, -0.2) is 17.8 Å². The van der Waals surface area contributed by atoms with Gasteiger partial charge in [0.05, 0.1) is 6.54 Å². The Bertz CT molecular complexity index is 558. The summed E-state index contributed by atoms with van der Waals surface area (Å²) in [6, 6.07) is 5.67. The van der Waals surface area contributed by atoms with E-state index >= 15 is 0 Å². The first-order chi connectivity index (χ1) is 7.35. The van der Waals surface area contributed by atoms with E-state index in [9.17, 15) is 4.79 Å². The molecule has 1 aromatic carbocycles. The van der Waals surface area contributed by atoms with Crippen molar-refractivity contribution in [3.05, 3.63) is 35.5 Å². The third-order valence-electron chi connectivity index (χ3n) is 2.18. The predicted octanol–water partition coefficient (Wildman–Crippen LogP) is 1.29. The minimum Gasteiger partial charge on any atom is -0.360 e. The van der Waals surface area contributed by atoms with Crippen LogP contribution in [0.3, 0.4) is 0 Å². The van der Waals surface area contributed by atoms with Gasteiger partial charge in [-0.2, -0.15) is 0 Å². The van der Waals surface area contributed by atoms with E-state index in [-0.39, 0.29) is 0 Å². The van der Waals surface area contributed by atoms with Crippen LogP contribution < -0.4 is 5.73 Å². The van der Waals surface area contributed by atoms with Crippen LogP contribution in [-0.2, 0) is 0 Å². The van der Waals surface area contributed by atoms with Crippen LogP contribution in [0.1, 0.15) is 15.9 Å². The Morgan fingerprint density at radius 2 is 2.33 bits per heavy atom. The molecule has 0 fully saturated rings. The van der Waals surface area contributed by atoms with Gasteiger partial charge in [-0.25, -0.2) is 0 Å². The normalized spacial score (nSPS) is 9.67. The number of benzene rings is 1. The molecule has 2 aromatic rings. The van der Waals surface area contributed by atoms with E-state index in [0.717, 1.165) is 22.8 Å². The molecule has 0 bridgehead atoms. The van der Waals surface area contributed by atoms with E-state index < -0.39 is 0 Å². The Morgan fingerprint density at radius 1 is 1.47 bits per heavy atom. The van der Waals surface area contributed by atoms with Crippen LogP contribution in [0.4, 0.5) is 0 Å². The van der Waals surface area contributed by atoms with Gasteiger partial charge in [0.1, 0.15) is 0 Å². The van der Waals surface area contributed by atoms with Gasteiger partial charge in [-0.05, 0) is 12.1 Å². The Labute approximate surface area is 87.3 Å². The van der Waals surface area contributed by atoms with E-state index in [1.807, 2.05) is 18.2 Å². The summed E-state index contributed by atoms with van der Waals surface area (Å²) in [5.41, 5.74) is 7.77. The first-order valence-electron chi connectivity index (χ1n) is 4.60. The molecular formula is C12H10N2O. The number of aromatic amines is 1. The van der Waals surface area contributed by atoms with Gasteiger partial charge in [0, 0.05) is 28.2 Å².